The van der Waals surface area contributed by atoms with E-state index < -0.39 is 5.97 Å². The van der Waals surface area contributed by atoms with Crippen molar-refractivity contribution in [3.8, 4) is 11.5 Å². The van der Waals surface area contributed by atoms with E-state index in [2.05, 4.69) is 9.71 Å². The molecule has 2 aliphatic rings. The molecule has 0 saturated carbocycles. The fourth-order valence-corrected chi connectivity index (χ4v) is 2.47. The van der Waals surface area contributed by atoms with Crippen LogP contribution in [0.3, 0.4) is 0 Å². The second-order valence-corrected chi connectivity index (χ2v) is 4.70. The van der Waals surface area contributed by atoms with E-state index >= 15 is 0 Å². The normalized spacial score (nSPS) is 15.9. The number of carbonyl (C=O) groups excluding carboxylic acids is 1. The Morgan fingerprint density at radius 3 is 2.89 bits per heavy atom. The minimum Gasteiger partial charge on any atom is -0.486 e. The minimum absolute atomic E-state index is 0.191. The molecule has 0 aromatic heterocycles. The molecule has 2 heterocycles. The van der Waals surface area contributed by atoms with E-state index in [1.54, 1.807) is 13.0 Å². The average molecular weight is 280 g/mol. The predicted octanol–water partition coefficient (Wildman–Crippen LogP) is 1.66. The number of amidine groups is 1. The standard InChI is InChI=1S/C12H12N2O4S/c1-2-16-12(15)11-13-7-5-8-9(18-4-3-17-8)6-10(7)19-14-11/h5-6H,2-4H2,1H3,(H,13,14). The number of carbonyl (C=O) groups is 1. The van der Waals surface area contributed by atoms with Gasteiger partial charge >= 0.3 is 5.97 Å². The second-order valence-electron chi connectivity index (χ2n) is 3.85. The van der Waals surface area contributed by atoms with E-state index in [1.165, 1.54) is 11.9 Å². The summed E-state index contributed by atoms with van der Waals surface area (Å²) in [6, 6.07) is 3.63. The van der Waals surface area contributed by atoms with Crippen LogP contribution < -0.4 is 14.2 Å². The van der Waals surface area contributed by atoms with E-state index in [0.717, 1.165) is 4.90 Å². The van der Waals surface area contributed by atoms with Crippen LogP contribution in [-0.4, -0.2) is 31.6 Å². The Bertz CT molecular complexity index is 559. The molecule has 0 atom stereocenters. The molecule has 0 unspecified atom stereocenters. The molecule has 1 N–H and O–H groups in total. The number of rotatable bonds is 2. The molecular formula is C12H12N2O4S. The zero-order valence-electron chi connectivity index (χ0n) is 10.3. The molecule has 2 aliphatic heterocycles. The van der Waals surface area contributed by atoms with Crippen molar-refractivity contribution in [1.82, 2.24) is 4.72 Å². The van der Waals surface area contributed by atoms with Crippen LogP contribution in [0.2, 0.25) is 0 Å². The van der Waals surface area contributed by atoms with Crippen LogP contribution in [0.1, 0.15) is 6.92 Å². The molecule has 7 heteroatoms. The van der Waals surface area contributed by atoms with Gasteiger partial charge in [0.05, 0.1) is 17.2 Å². The van der Waals surface area contributed by atoms with Crippen molar-refractivity contribution in [2.45, 2.75) is 11.8 Å². The number of hydrogen-bond donors (Lipinski definition) is 1. The second kappa shape index (κ2) is 5.00. The molecule has 100 valence electrons. The van der Waals surface area contributed by atoms with Crippen molar-refractivity contribution in [3.63, 3.8) is 0 Å². The number of ether oxygens (including phenoxy) is 3. The maximum Gasteiger partial charge on any atom is 0.374 e. The van der Waals surface area contributed by atoms with Gasteiger partial charge in [0.15, 0.2) is 11.5 Å². The third-order valence-corrected chi connectivity index (χ3v) is 3.42. The predicted molar refractivity (Wildman–Crippen MR) is 70.2 cm³/mol. The van der Waals surface area contributed by atoms with Gasteiger partial charge in [-0.05, 0) is 18.9 Å². The number of esters is 1. The summed E-state index contributed by atoms with van der Waals surface area (Å²) in [5, 5.41) is 0. The fraction of sp³-hybridized carbons (Fsp3) is 0.333. The smallest absolute Gasteiger partial charge is 0.374 e. The van der Waals surface area contributed by atoms with Crippen molar-refractivity contribution in [3.05, 3.63) is 12.1 Å². The number of aliphatic imine (C=N–C) groups is 1. The SMILES string of the molecule is CCOC(=O)C1=Nc2cc3c(cc2SN1)OCCO3. The molecule has 0 fully saturated rings. The van der Waals surface area contributed by atoms with Gasteiger partial charge in [0, 0.05) is 12.1 Å². The molecular weight excluding hydrogens is 268 g/mol. The molecule has 0 saturated heterocycles. The van der Waals surface area contributed by atoms with Gasteiger partial charge in [-0.3, -0.25) is 0 Å². The summed E-state index contributed by atoms with van der Waals surface area (Å²) in [4.78, 5) is 16.7. The Kier molecular flexibility index (Phi) is 3.20. The summed E-state index contributed by atoms with van der Waals surface area (Å²) in [7, 11) is 0. The fourth-order valence-electron chi connectivity index (χ4n) is 1.76. The molecule has 0 amide bonds. The first-order valence-electron chi connectivity index (χ1n) is 5.90. The van der Waals surface area contributed by atoms with Gasteiger partial charge in [-0.2, -0.15) is 0 Å². The average Bonchev–Trinajstić information content (AvgIpc) is 2.44. The summed E-state index contributed by atoms with van der Waals surface area (Å²) in [5.41, 5.74) is 0.677. The Morgan fingerprint density at radius 1 is 1.42 bits per heavy atom. The van der Waals surface area contributed by atoms with E-state index in [1.807, 2.05) is 6.07 Å². The first-order chi connectivity index (χ1) is 9.28. The van der Waals surface area contributed by atoms with Gasteiger partial charge in [-0.1, -0.05) is 0 Å². The zero-order chi connectivity index (χ0) is 13.2. The van der Waals surface area contributed by atoms with Crippen molar-refractivity contribution in [2.75, 3.05) is 19.8 Å². The quantitative estimate of drug-likeness (QED) is 0.656. The highest BCUT2D eigenvalue weighted by Gasteiger charge is 2.23. The maximum atomic E-state index is 11.6. The lowest BCUT2D eigenvalue weighted by Gasteiger charge is -2.22. The van der Waals surface area contributed by atoms with E-state index in [0.29, 0.717) is 37.0 Å². The Balaban J connectivity index is 1.94. The summed E-state index contributed by atoms with van der Waals surface area (Å²) >= 11 is 1.31. The highest BCUT2D eigenvalue weighted by Crippen LogP contribution is 2.41. The molecule has 0 aliphatic carbocycles. The van der Waals surface area contributed by atoms with Crippen LogP contribution in [0.5, 0.6) is 11.5 Å². The molecule has 19 heavy (non-hydrogen) atoms. The molecule has 0 radical (unpaired) electrons. The zero-order valence-corrected chi connectivity index (χ0v) is 11.1. The van der Waals surface area contributed by atoms with Gasteiger partial charge in [0.1, 0.15) is 13.2 Å². The van der Waals surface area contributed by atoms with Crippen molar-refractivity contribution in [1.29, 1.82) is 0 Å². The first-order valence-corrected chi connectivity index (χ1v) is 6.72. The third kappa shape index (κ3) is 2.33. The van der Waals surface area contributed by atoms with E-state index in [4.69, 9.17) is 14.2 Å². The number of benzene rings is 1. The minimum atomic E-state index is -0.462. The Hall–Kier alpha value is -1.89. The van der Waals surface area contributed by atoms with Crippen LogP contribution >= 0.6 is 11.9 Å². The van der Waals surface area contributed by atoms with Crippen molar-refractivity contribution < 1.29 is 19.0 Å². The van der Waals surface area contributed by atoms with Gasteiger partial charge in [0.2, 0.25) is 5.84 Å². The maximum absolute atomic E-state index is 11.6. The summed E-state index contributed by atoms with van der Waals surface area (Å²) < 4.78 is 18.8. The number of nitrogens with one attached hydrogen (secondary N) is 1. The molecule has 6 nitrogen and oxygen atoms in total. The van der Waals surface area contributed by atoms with Gasteiger partial charge in [-0.15, -0.1) is 0 Å². The first kappa shape index (κ1) is 12.2. The topological polar surface area (TPSA) is 69.2 Å². The lowest BCUT2D eigenvalue weighted by Crippen LogP contribution is -2.29. The molecule has 0 spiro atoms. The number of hydrogen-bond acceptors (Lipinski definition) is 7. The van der Waals surface area contributed by atoms with Crippen LogP contribution in [0.15, 0.2) is 22.0 Å². The van der Waals surface area contributed by atoms with Gasteiger partial charge in [-0.25, -0.2) is 9.79 Å². The highest BCUT2D eigenvalue weighted by molar-refractivity contribution is 7.98. The van der Waals surface area contributed by atoms with Gasteiger partial charge in [0.25, 0.3) is 0 Å². The van der Waals surface area contributed by atoms with Crippen LogP contribution in [0, 0.1) is 0 Å². The lowest BCUT2D eigenvalue weighted by atomic mass is 10.2. The van der Waals surface area contributed by atoms with Crippen LogP contribution in [0.4, 0.5) is 5.69 Å². The van der Waals surface area contributed by atoms with E-state index in [-0.39, 0.29) is 5.84 Å². The van der Waals surface area contributed by atoms with Crippen molar-refractivity contribution in [2.24, 2.45) is 4.99 Å². The monoisotopic (exact) mass is 280 g/mol. The third-order valence-electron chi connectivity index (χ3n) is 2.58. The molecule has 1 aromatic carbocycles. The largest absolute Gasteiger partial charge is 0.486 e. The van der Waals surface area contributed by atoms with Crippen LogP contribution in [0.25, 0.3) is 0 Å². The Morgan fingerprint density at radius 2 is 2.16 bits per heavy atom. The van der Waals surface area contributed by atoms with Crippen molar-refractivity contribution >= 4 is 29.4 Å². The lowest BCUT2D eigenvalue weighted by molar-refractivity contribution is -0.135. The van der Waals surface area contributed by atoms with E-state index in [9.17, 15) is 4.79 Å². The van der Waals surface area contributed by atoms with Crippen LogP contribution in [-0.2, 0) is 9.53 Å². The summed E-state index contributed by atoms with van der Waals surface area (Å²) in [6.45, 7) is 3.13. The highest BCUT2D eigenvalue weighted by atomic mass is 32.2. The molecule has 1 aromatic rings. The Labute approximate surface area is 114 Å². The molecule has 3 rings (SSSR count). The number of fused-ring (bicyclic) bond motifs is 2. The molecule has 0 bridgehead atoms. The number of nitrogens with zero attached hydrogens (tertiary/aromatic N) is 1. The summed E-state index contributed by atoms with van der Waals surface area (Å²) in [6.07, 6.45) is 0. The van der Waals surface area contributed by atoms with Gasteiger partial charge < -0.3 is 18.9 Å². The summed E-state index contributed by atoms with van der Waals surface area (Å²) in [5.74, 6) is 1.08.